The summed E-state index contributed by atoms with van der Waals surface area (Å²) in [4.78, 5) is 0. The number of nitrogens with two attached hydrogens (primary N) is 1. The highest BCUT2D eigenvalue weighted by molar-refractivity contribution is 5.85. The molecule has 1 unspecified atom stereocenters. The quantitative estimate of drug-likeness (QED) is 0.557. The Kier molecular flexibility index (Phi) is 107. The van der Waals surface area contributed by atoms with Crippen LogP contribution in [0.25, 0.3) is 0 Å². The second-order valence-corrected chi connectivity index (χ2v) is 0.976. The maximum Gasteiger partial charge on any atom is 0.102 e. The van der Waals surface area contributed by atoms with E-state index in [4.69, 9.17) is 10.8 Å². The maximum absolute atomic E-state index is 8.14. The summed E-state index contributed by atoms with van der Waals surface area (Å²) >= 11 is 0. The van der Waals surface area contributed by atoms with E-state index in [1.165, 1.54) is 0 Å². The molecule has 0 rings (SSSR count). The van der Waals surface area contributed by atoms with Crippen LogP contribution >= 0.6 is 24.8 Å². The van der Waals surface area contributed by atoms with E-state index in [2.05, 4.69) is 0 Å². The highest BCUT2D eigenvalue weighted by atomic mass is 35.5. The zero-order valence-corrected chi connectivity index (χ0v) is 8.47. The van der Waals surface area contributed by atoms with Gasteiger partial charge in [0.1, 0.15) is 6.23 Å². The van der Waals surface area contributed by atoms with Gasteiger partial charge in [-0.3, -0.25) is 0 Å². The summed E-state index contributed by atoms with van der Waals surface area (Å²) in [5.74, 6) is 0. The molecular formula is C5H20Cl2N2O. The molecule has 3 nitrogen and oxygen atoms in total. The molecule has 0 aromatic rings. The van der Waals surface area contributed by atoms with Crippen LogP contribution in [-0.2, 0) is 0 Å². The Hall–Kier alpha value is 0.460. The van der Waals surface area contributed by atoms with Crippen molar-refractivity contribution < 1.29 is 5.11 Å². The second kappa shape index (κ2) is 34.0. The van der Waals surface area contributed by atoms with Crippen molar-refractivity contribution in [2.75, 3.05) is 0 Å². The maximum atomic E-state index is 8.14. The molecule has 0 aromatic carbocycles. The van der Waals surface area contributed by atoms with Gasteiger partial charge in [-0.2, -0.15) is 0 Å². The third-order valence-corrected chi connectivity index (χ3v) is 0.418. The minimum Gasteiger partial charge on any atom is -0.379 e. The van der Waals surface area contributed by atoms with Gasteiger partial charge in [0, 0.05) is 0 Å². The van der Waals surface area contributed by atoms with Crippen LogP contribution in [-0.4, -0.2) is 11.3 Å². The predicted octanol–water partition coefficient (Wildman–Crippen LogP) is 1.71. The Balaban J connectivity index is -0.0000000154. The van der Waals surface area contributed by atoms with Crippen molar-refractivity contribution in [2.24, 2.45) is 5.73 Å². The molecule has 0 aromatic heterocycles. The lowest BCUT2D eigenvalue weighted by Gasteiger charge is -1.91. The summed E-state index contributed by atoms with van der Waals surface area (Å²) in [6, 6.07) is 0. The van der Waals surface area contributed by atoms with Gasteiger partial charge in [0.15, 0.2) is 0 Å². The molecule has 0 saturated heterocycles. The number of aliphatic hydroxyl groups is 1. The lowest BCUT2D eigenvalue weighted by Crippen LogP contribution is -2.16. The highest BCUT2D eigenvalue weighted by Gasteiger charge is 1.81. The lowest BCUT2D eigenvalue weighted by atomic mass is 10.5. The van der Waals surface area contributed by atoms with Gasteiger partial charge in [0.2, 0.25) is 0 Å². The monoisotopic (exact) mass is 194 g/mol. The van der Waals surface area contributed by atoms with Crippen LogP contribution in [0.1, 0.15) is 27.2 Å². The van der Waals surface area contributed by atoms with Crippen LogP contribution in [0, 0.1) is 0 Å². The van der Waals surface area contributed by atoms with Crippen LogP contribution in [0.2, 0.25) is 0 Å². The first-order chi connectivity index (χ1) is 3.27. The minimum absolute atomic E-state index is 0. The summed E-state index contributed by atoms with van der Waals surface area (Å²) in [7, 11) is 0. The molecule has 0 aliphatic carbocycles. The average molecular weight is 195 g/mol. The predicted molar refractivity (Wildman–Crippen MR) is 51.4 cm³/mol. The Morgan fingerprint density at radius 2 is 1.40 bits per heavy atom. The van der Waals surface area contributed by atoms with Gasteiger partial charge in [-0.05, 0) is 6.42 Å². The summed E-state index contributed by atoms with van der Waals surface area (Å²) in [5.41, 5.74) is 4.85. The van der Waals surface area contributed by atoms with Gasteiger partial charge in [-0.25, -0.2) is 0 Å². The Morgan fingerprint density at radius 3 is 1.40 bits per heavy atom. The van der Waals surface area contributed by atoms with Crippen molar-refractivity contribution >= 4 is 24.8 Å². The third kappa shape index (κ3) is 77.8. The molecule has 10 heavy (non-hydrogen) atoms. The summed E-state index contributed by atoms with van der Waals surface area (Å²) in [5, 5.41) is 8.14. The highest BCUT2D eigenvalue weighted by Crippen LogP contribution is 1.72. The van der Waals surface area contributed by atoms with Crippen LogP contribution < -0.4 is 11.9 Å². The second-order valence-electron chi connectivity index (χ2n) is 0.976. The molecule has 0 saturated carbocycles. The van der Waals surface area contributed by atoms with E-state index >= 15 is 0 Å². The van der Waals surface area contributed by atoms with Gasteiger partial charge in [-0.1, -0.05) is 20.8 Å². The first-order valence-electron chi connectivity index (χ1n) is 2.71. The summed E-state index contributed by atoms with van der Waals surface area (Å²) in [6.45, 7) is 5.82. The molecule has 0 heterocycles. The fourth-order valence-corrected chi connectivity index (χ4v) is 0. The van der Waals surface area contributed by atoms with Gasteiger partial charge in [-0.15, -0.1) is 24.8 Å². The average Bonchev–Trinajstić information content (AvgIpc) is 1.73. The summed E-state index contributed by atoms with van der Waals surface area (Å²) < 4.78 is 0. The fourth-order valence-electron chi connectivity index (χ4n) is 0. The van der Waals surface area contributed by atoms with Gasteiger partial charge >= 0.3 is 0 Å². The van der Waals surface area contributed by atoms with Gasteiger partial charge in [0.05, 0.1) is 0 Å². The molecule has 1 atom stereocenters. The van der Waals surface area contributed by atoms with Crippen LogP contribution in [0.15, 0.2) is 0 Å². The Bertz CT molecular complexity index is 31.6. The Morgan fingerprint density at radius 1 is 1.30 bits per heavy atom. The molecule has 5 heteroatoms. The summed E-state index contributed by atoms with van der Waals surface area (Å²) in [6.07, 6.45) is 0.0231. The zero-order chi connectivity index (χ0) is 6.28. The molecule has 6 N–H and O–H groups in total. The number of halogens is 2. The SMILES string of the molecule is CC.CCC(N)O.Cl.Cl.N. The van der Waals surface area contributed by atoms with Crippen molar-refractivity contribution in [1.82, 2.24) is 6.15 Å². The van der Waals surface area contributed by atoms with E-state index in [0.717, 1.165) is 0 Å². The molecule has 0 aliphatic rings. The van der Waals surface area contributed by atoms with Gasteiger partial charge in [0.25, 0.3) is 0 Å². The van der Waals surface area contributed by atoms with E-state index in [1.807, 2.05) is 20.8 Å². The minimum atomic E-state index is -0.616. The van der Waals surface area contributed by atoms with Crippen molar-refractivity contribution in [3.05, 3.63) is 0 Å². The normalized spacial score (nSPS) is 8.10. The van der Waals surface area contributed by atoms with Crippen molar-refractivity contribution in [2.45, 2.75) is 33.4 Å². The smallest absolute Gasteiger partial charge is 0.102 e. The number of hydrogen-bond donors (Lipinski definition) is 3. The van der Waals surface area contributed by atoms with E-state index in [0.29, 0.717) is 6.42 Å². The van der Waals surface area contributed by atoms with Crippen molar-refractivity contribution in [1.29, 1.82) is 0 Å². The standard InChI is InChI=1S/C3H9NO.C2H6.2ClH.H3N/c1-2-3(4)5;1-2;;;/h3,5H,2,4H2,1H3;1-2H3;2*1H;1H3. The largest absolute Gasteiger partial charge is 0.379 e. The molecule has 0 bridgehead atoms. The molecule has 70 valence electrons. The lowest BCUT2D eigenvalue weighted by molar-refractivity contribution is 0.178. The van der Waals surface area contributed by atoms with E-state index in [1.54, 1.807) is 0 Å². The van der Waals surface area contributed by atoms with Crippen molar-refractivity contribution in [3.63, 3.8) is 0 Å². The number of aliphatic hydroxyl groups excluding tert-OH is 1. The van der Waals surface area contributed by atoms with E-state index in [9.17, 15) is 0 Å². The van der Waals surface area contributed by atoms with Crippen LogP contribution in [0.4, 0.5) is 0 Å². The molecule has 0 spiro atoms. The first kappa shape index (κ1) is 31.4. The molecule has 0 aliphatic heterocycles. The van der Waals surface area contributed by atoms with Gasteiger partial charge < -0.3 is 17.0 Å². The first-order valence-corrected chi connectivity index (χ1v) is 2.71. The fraction of sp³-hybridized carbons (Fsp3) is 1.00. The number of hydrogen-bond acceptors (Lipinski definition) is 3. The van der Waals surface area contributed by atoms with Crippen molar-refractivity contribution in [3.8, 4) is 0 Å². The van der Waals surface area contributed by atoms with E-state index in [-0.39, 0.29) is 31.0 Å². The molecule has 0 radical (unpaired) electrons. The molecule has 0 fully saturated rings. The zero-order valence-electron chi connectivity index (χ0n) is 6.83. The molecule has 0 amide bonds. The molecular weight excluding hydrogens is 175 g/mol. The Labute approximate surface area is 75.8 Å². The van der Waals surface area contributed by atoms with E-state index < -0.39 is 6.23 Å². The number of rotatable bonds is 1. The van der Waals surface area contributed by atoms with Crippen LogP contribution in [0.3, 0.4) is 0 Å². The third-order valence-electron chi connectivity index (χ3n) is 0.418. The topological polar surface area (TPSA) is 81.2 Å². The van der Waals surface area contributed by atoms with Crippen LogP contribution in [0.5, 0.6) is 0 Å².